The molecule has 156 valence electrons. The Morgan fingerprint density at radius 1 is 1.07 bits per heavy atom. The molecule has 0 radical (unpaired) electrons. The minimum Gasteiger partial charge on any atom is -0.366 e. The van der Waals surface area contributed by atoms with Gasteiger partial charge in [0.25, 0.3) is 5.56 Å². The van der Waals surface area contributed by atoms with Crippen LogP contribution in [0, 0.1) is 12.8 Å². The molecule has 1 N–H and O–H groups in total. The molecule has 1 rings (SSSR count). The van der Waals surface area contributed by atoms with E-state index in [0.29, 0.717) is 18.5 Å². The van der Waals surface area contributed by atoms with Crippen LogP contribution in [0.2, 0.25) is 0 Å². The summed E-state index contributed by atoms with van der Waals surface area (Å²) in [4.78, 5) is 25.6. The topological polar surface area (TPSA) is 99.6 Å². The molecule has 27 heavy (non-hydrogen) atoms. The molecule has 0 fully saturated rings. The maximum Gasteiger partial charge on any atom is 0.356 e. The third-order valence-corrected chi connectivity index (χ3v) is 5.64. The van der Waals surface area contributed by atoms with Crippen molar-refractivity contribution in [2.75, 3.05) is 6.35 Å². The summed E-state index contributed by atoms with van der Waals surface area (Å²) in [6.45, 7) is 13.2. The van der Waals surface area contributed by atoms with E-state index in [9.17, 15) is 14.2 Å². The predicted octanol–water partition coefficient (Wildman–Crippen LogP) is 3.28. The zero-order valence-corrected chi connectivity index (χ0v) is 18.2. The Hall–Kier alpha value is -1.21. The van der Waals surface area contributed by atoms with E-state index >= 15 is 0 Å². The number of aryl methyl sites for hydroxylation is 1. The van der Waals surface area contributed by atoms with Crippen molar-refractivity contribution in [2.45, 2.75) is 79.7 Å². The molecule has 2 atom stereocenters. The lowest BCUT2D eigenvalue weighted by Crippen LogP contribution is -2.32. The summed E-state index contributed by atoms with van der Waals surface area (Å²) in [6, 6.07) is 0. The van der Waals surface area contributed by atoms with E-state index in [1.54, 1.807) is 40.8 Å². The fourth-order valence-corrected chi connectivity index (χ4v) is 4.64. The lowest BCUT2D eigenvalue weighted by molar-refractivity contribution is 0.0499. The van der Waals surface area contributed by atoms with Crippen molar-refractivity contribution < 1.29 is 18.3 Å². The van der Waals surface area contributed by atoms with Gasteiger partial charge in [0, 0.05) is 18.3 Å². The Labute approximate surface area is 160 Å². The predicted molar refractivity (Wildman–Crippen MR) is 105 cm³/mol. The SMILES string of the molecule is Cc1cn(CC(C)C[C@H](C)OCP(=O)(OC(C)C)OC(C)C)c(=O)[nH]c1=O. The first-order chi connectivity index (χ1) is 12.4. The van der Waals surface area contributed by atoms with Gasteiger partial charge in [-0.1, -0.05) is 6.92 Å². The second-order valence-corrected chi connectivity index (χ2v) is 9.49. The third kappa shape index (κ3) is 8.56. The zero-order valence-electron chi connectivity index (χ0n) is 17.4. The molecule has 9 heteroatoms. The van der Waals surface area contributed by atoms with Crippen molar-refractivity contribution in [2.24, 2.45) is 5.92 Å². The molecule has 0 aliphatic heterocycles. The average Bonchev–Trinajstić information content (AvgIpc) is 2.49. The summed E-state index contributed by atoms with van der Waals surface area (Å²) in [5, 5.41) is 0. The quantitative estimate of drug-likeness (QED) is 0.568. The molecule has 0 aromatic carbocycles. The highest BCUT2D eigenvalue weighted by molar-refractivity contribution is 7.53. The number of aromatic nitrogens is 2. The van der Waals surface area contributed by atoms with E-state index in [1.807, 2.05) is 13.8 Å². The number of hydrogen-bond donors (Lipinski definition) is 1. The Bertz CT molecular complexity index is 741. The zero-order chi connectivity index (χ0) is 20.8. The largest absolute Gasteiger partial charge is 0.366 e. The third-order valence-electron chi connectivity index (χ3n) is 3.69. The molecule has 8 nitrogen and oxygen atoms in total. The van der Waals surface area contributed by atoms with E-state index in [4.69, 9.17) is 13.8 Å². The molecular formula is C18H33N2O6P. The number of hydrogen-bond acceptors (Lipinski definition) is 6. The number of rotatable bonds is 11. The lowest BCUT2D eigenvalue weighted by Gasteiger charge is -2.25. The minimum atomic E-state index is -3.33. The van der Waals surface area contributed by atoms with E-state index in [1.165, 1.54) is 4.57 Å². The van der Waals surface area contributed by atoms with Crippen molar-refractivity contribution in [3.63, 3.8) is 0 Å². The normalized spacial score (nSPS) is 14.7. The highest BCUT2D eigenvalue weighted by atomic mass is 31.2. The molecule has 0 saturated heterocycles. The van der Waals surface area contributed by atoms with Gasteiger partial charge in [-0.15, -0.1) is 0 Å². The van der Waals surface area contributed by atoms with Crippen LogP contribution in [0.15, 0.2) is 15.8 Å². The molecule has 0 amide bonds. The van der Waals surface area contributed by atoms with Gasteiger partial charge < -0.3 is 18.4 Å². The average molecular weight is 404 g/mol. The standard InChI is InChI=1S/C18H33N2O6P/c1-12(2)25-27(23,26-13(3)4)11-24-16(7)8-14(5)9-20-10-15(6)17(21)19-18(20)22/h10,12-14,16H,8-9,11H2,1-7H3,(H,19,21,22)/t14?,16-/m0/s1. The van der Waals surface area contributed by atoms with Crippen LogP contribution in [0.5, 0.6) is 0 Å². The van der Waals surface area contributed by atoms with E-state index in [0.717, 1.165) is 0 Å². The number of nitrogens with one attached hydrogen (secondary N) is 1. The number of H-pyrrole nitrogens is 1. The second kappa shape index (κ2) is 10.4. The van der Waals surface area contributed by atoms with E-state index in [-0.39, 0.29) is 36.1 Å². The number of aromatic amines is 1. The van der Waals surface area contributed by atoms with Crippen molar-refractivity contribution in [1.29, 1.82) is 0 Å². The van der Waals surface area contributed by atoms with Crippen LogP contribution in [0.4, 0.5) is 0 Å². The van der Waals surface area contributed by atoms with Gasteiger partial charge in [-0.05, 0) is 53.9 Å². The highest BCUT2D eigenvalue weighted by Gasteiger charge is 2.29. The maximum absolute atomic E-state index is 12.8. The summed E-state index contributed by atoms with van der Waals surface area (Å²) >= 11 is 0. The second-order valence-electron chi connectivity index (χ2n) is 7.59. The van der Waals surface area contributed by atoms with E-state index in [2.05, 4.69) is 4.98 Å². The Morgan fingerprint density at radius 3 is 2.15 bits per heavy atom. The van der Waals surface area contributed by atoms with Crippen LogP contribution in [0.25, 0.3) is 0 Å². The van der Waals surface area contributed by atoms with Gasteiger partial charge in [0.2, 0.25) is 0 Å². The Kier molecular flexibility index (Phi) is 9.15. The van der Waals surface area contributed by atoms with Gasteiger partial charge in [-0.25, -0.2) is 4.79 Å². The first-order valence-electron chi connectivity index (χ1n) is 9.29. The molecule has 0 aliphatic carbocycles. The Morgan fingerprint density at radius 2 is 1.63 bits per heavy atom. The molecule has 0 spiro atoms. The molecule has 1 aromatic heterocycles. The van der Waals surface area contributed by atoms with Crippen molar-refractivity contribution in [3.8, 4) is 0 Å². The van der Waals surface area contributed by atoms with Gasteiger partial charge in [0.05, 0.1) is 18.3 Å². The molecule has 0 aliphatic rings. The van der Waals surface area contributed by atoms with Crippen LogP contribution < -0.4 is 11.2 Å². The van der Waals surface area contributed by atoms with Gasteiger partial charge >= 0.3 is 13.3 Å². The maximum atomic E-state index is 12.8. The summed E-state index contributed by atoms with van der Waals surface area (Å²) in [5.74, 6) is 0.111. The Balaban J connectivity index is 2.63. The molecule has 0 bridgehead atoms. The monoisotopic (exact) mass is 404 g/mol. The van der Waals surface area contributed by atoms with Gasteiger partial charge in [0.15, 0.2) is 0 Å². The molecule has 1 aromatic rings. The lowest BCUT2D eigenvalue weighted by atomic mass is 10.0. The summed E-state index contributed by atoms with van der Waals surface area (Å²) in [5.41, 5.74) is -0.304. The number of ether oxygens (including phenoxy) is 1. The van der Waals surface area contributed by atoms with Crippen LogP contribution >= 0.6 is 7.60 Å². The molecular weight excluding hydrogens is 371 g/mol. The molecule has 1 unspecified atom stereocenters. The fraction of sp³-hybridized carbons (Fsp3) is 0.778. The first kappa shape index (κ1) is 23.8. The fourth-order valence-electron chi connectivity index (χ4n) is 2.75. The van der Waals surface area contributed by atoms with Crippen LogP contribution in [0.3, 0.4) is 0 Å². The van der Waals surface area contributed by atoms with Crippen LogP contribution in [0.1, 0.15) is 53.5 Å². The van der Waals surface area contributed by atoms with Crippen LogP contribution in [-0.2, 0) is 24.9 Å². The van der Waals surface area contributed by atoms with Crippen molar-refractivity contribution in [3.05, 3.63) is 32.6 Å². The highest BCUT2D eigenvalue weighted by Crippen LogP contribution is 2.50. The summed E-state index contributed by atoms with van der Waals surface area (Å²) in [6.07, 6.45) is 1.43. The summed E-state index contributed by atoms with van der Waals surface area (Å²) < 4.78 is 30.9. The van der Waals surface area contributed by atoms with Gasteiger partial charge in [-0.2, -0.15) is 0 Å². The van der Waals surface area contributed by atoms with Gasteiger partial charge in [0.1, 0.15) is 6.35 Å². The van der Waals surface area contributed by atoms with Gasteiger partial charge in [-0.3, -0.25) is 14.3 Å². The molecule has 1 heterocycles. The minimum absolute atomic E-state index is 0.111. The van der Waals surface area contributed by atoms with Crippen LogP contribution in [-0.4, -0.2) is 34.2 Å². The van der Waals surface area contributed by atoms with Crippen molar-refractivity contribution >= 4 is 7.60 Å². The summed E-state index contributed by atoms with van der Waals surface area (Å²) in [7, 11) is -3.33. The number of nitrogens with zero attached hydrogens (tertiary/aromatic N) is 1. The molecule has 0 saturated carbocycles. The first-order valence-corrected chi connectivity index (χ1v) is 11.0. The van der Waals surface area contributed by atoms with E-state index < -0.39 is 13.3 Å². The smallest absolute Gasteiger partial charge is 0.356 e. The van der Waals surface area contributed by atoms with Crippen molar-refractivity contribution in [1.82, 2.24) is 9.55 Å².